The molecule has 0 saturated heterocycles. The Hall–Kier alpha value is -1.17. The Morgan fingerprint density at radius 1 is 1.18 bits per heavy atom. The minimum atomic E-state index is -0.649. The van der Waals surface area contributed by atoms with Crippen LogP contribution in [0.15, 0.2) is 12.1 Å². The van der Waals surface area contributed by atoms with Crippen molar-refractivity contribution in [3.63, 3.8) is 0 Å². The van der Waals surface area contributed by atoms with Gasteiger partial charge in [-0.3, -0.25) is 0 Å². The lowest BCUT2D eigenvalue weighted by atomic mass is 9.81. The first-order valence-electron chi connectivity index (χ1n) is 4.91. The van der Waals surface area contributed by atoms with Crippen molar-refractivity contribution in [2.75, 3.05) is 6.61 Å². The van der Waals surface area contributed by atoms with Crippen LogP contribution in [0.2, 0.25) is 0 Å². The van der Waals surface area contributed by atoms with E-state index in [1.807, 2.05) is 0 Å². The molecule has 0 aliphatic carbocycles. The molecule has 0 aliphatic rings. The van der Waals surface area contributed by atoms with Gasteiger partial charge in [0.25, 0.3) is 0 Å². The van der Waals surface area contributed by atoms with E-state index in [4.69, 9.17) is 15.9 Å². The minimum absolute atomic E-state index is 0. The Kier molecular flexibility index (Phi) is 5.07. The van der Waals surface area contributed by atoms with Crippen molar-refractivity contribution in [2.24, 2.45) is 11.1 Å². The summed E-state index contributed by atoms with van der Waals surface area (Å²) in [7, 11) is 0. The second kappa shape index (κ2) is 5.44. The quantitative estimate of drug-likeness (QED) is 0.528. The Bertz CT molecular complexity index is 395. The van der Waals surface area contributed by atoms with E-state index in [2.05, 4.69) is 0 Å². The van der Waals surface area contributed by atoms with Crippen molar-refractivity contribution < 1.29 is 20.4 Å². The summed E-state index contributed by atoms with van der Waals surface area (Å²) < 4.78 is 0. The van der Waals surface area contributed by atoms with Crippen molar-refractivity contribution >= 4 is 12.4 Å². The van der Waals surface area contributed by atoms with E-state index in [1.165, 1.54) is 12.1 Å². The number of benzene rings is 1. The monoisotopic (exact) mass is 263 g/mol. The zero-order valence-electron chi connectivity index (χ0n) is 9.71. The number of rotatable bonds is 3. The molecule has 6 heteroatoms. The molecular formula is C11H18ClNO4. The normalized spacial score (nSPS) is 12.9. The number of hydrogen-bond acceptors (Lipinski definition) is 5. The van der Waals surface area contributed by atoms with Gasteiger partial charge in [0.1, 0.15) is 0 Å². The number of hydrogen-bond donors (Lipinski definition) is 5. The van der Waals surface area contributed by atoms with Gasteiger partial charge in [0.15, 0.2) is 11.5 Å². The first-order chi connectivity index (χ1) is 7.31. The highest BCUT2D eigenvalue weighted by atomic mass is 35.5. The molecule has 0 aromatic heterocycles. The molecule has 0 saturated carbocycles. The van der Waals surface area contributed by atoms with Crippen LogP contribution in [-0.4, -0.2) is 27.0 Å². The zero-order chi connectivity index (χ0) is 12.5. The molecule has 0 spiro atoms. The molecule has 0 radical (unpaired) electrons. The summed E-state index contributed by atoms with van der Waals surface area (Å²) >= 11 is 0. The third-order valence-corrected chi connectivity index (χ3v) is 2.75. The number of nitrogens with two attached hydrogens (primary N) is 1. The third kappa shape index (κ3) is 2.94. The zero-order valence-corrected chi connectivity index (χ0v) is 10.5. The average molecular weight is 264 g/mol. The van der Waals surface area contributed by atoms with Gasteiger partial charge in [0.05, 0.1) is 0 Å². The highest BCUT2D eigenvalue weighted by Gasteiger charge is 2.30. The SMILES string of the molecule is CC(C)(CO)[C@@H](N)c1ccc(O)c(O)c1O.Cl. The largest absolute Gasteiger partial charge is 0.504 e. The van der Waals surface area contributed by atoms with Gasteiger partial charge < -0.3 is 26.2 Å². The number of aliphatic hydroxyl groups excluding tert-OH is 1. The van der Waals surface area contributed by atoms with Crippen molar-refractivity contribution in [1.82, 2.24) is 0 Å². The number of phenolic OH excluding ortho intramolecular Hbond substituents is 3. The summed E-state index contributed by atoms with van der Waals surface area (Å²) in [5.41, 5.74) is 5.54. The predicted octanol–water partition coefficient (Wildman–Crippen LogP) is 1.24. The molecule has 0 amide bonds. The summed E-state index contributed by atoms with van der Waals surface area (Å²) in [6.07, 6.45) is 0. The second-order valence-electron chi connectivity index (χ2n) is 4.50. The standard InChI is InChI=1S/C11H17NO4.ClH/c1-11(2,5-13)10(12)6-3-4-7(14)9(16)8(6)15;/h3-4,10,13-16H,5,12H2,1-2H3;1H/t10-;/m0./s1. The molecule has 6 N–H and O–H groups in total. The predicted molar refractivity (Wildman–Crippen MR) is 66.5 cm³/mol. The number of aromatic hydroxyl groups is 3. The van der Waals surface area contributed by atoms with E-state index in [0.717, 1.165) is 0 Å². The van der Waals surface area contributed by atoms with Gasteiger partial charge in [-0.2, -0.15) is 0 Å². The first kappa shape index (κ1) is 15.8. The molecule has 1 atom stereocenters. The van der Waals surface area contributed by atoms with Gasteiger partial charge in [-0.1, -0.05) is 13.8 Å². The van der Waals surface area contributed by atoms with Gasteiger partial charge in [-0.25, -0.2) is 0 Å². The fourth-order valence-electron chi connectivity index (χ4n) is 1.35. The van der Waals surface area contributed by atoms with E-state index < -0.39 is 28.7 Å². The average Bonchev–Trinajstić information content (AvgIpc) is 2.25. The van der Waals surface area contributed by atoms with Crippen molar-refractivity contribution in [3.8, 4) is 17.2 Å². The molecule has 98 valence electrons. The molecule has 0 fully saturated rings. The van der Waals surface area contributed by atoms with E-state index in [1.54, 1.807) is 13.8 Å². The third-order valence-electron chi connectivity index (χ3n) is 2.75. The Morgan fingerprint density at radius 2 is 1.71 bits per heavy atom. The fourth-order valence-corrected chi connectivity index (χ4v) is 1.35. The summed E-state index contributed by atoms with van der Waals surface area (Å²) in [6, 6.07) is 2.02. The summed E-state index contributed by atoms with van der Waals surface area (Å²) in [4.78, 5) is 0. The van der Waals surface area contributed by atoms with Crippen LogP contribution >= 0.6 is 12.4 Å². The minimum Gasteiger partial charge on any atom is -0.504 e. The van der Waals surface area contributed by atoms with Gasteiger partial charge in [-0.15, -0.1) is 12.4 Å². The lowest BCUT2D eigenvalue weighted by Gasteiger charge is -2.30. The molecule has 0 unspecified atom stereocenters. The van der Waals surface area contributed by atoms with Crippen LogP contribution in [0.25, 0.3) is 0 Å². The van der Waals surface area contributed by atoms with Gasteiger partial charge >= 0.3 is 0 Å². The van der Waals surface area contributed by atoms with Crippen LogP contribution in [0.3, 0.4) is 0 Å². The molecule has 0 bridgehead atoms. The number of phenols is 3. The summed E-state index contributed by atoms with van der Waals surface area (Å²) in [5, 5.41) is 37.3. The highest BCUT2D eigenvalue weighted by molar-refractivity contribution is 5.85. The Balaban J connectivity index is 0.00000256. The molecule has 0 aliphatic heterocycles. The summed E-state index contributed by atoms with van der Waals surface area (Å²) in [6.45, 7) is 3.32. The topological polar surface area (TPSA) is 107 Å². The molecule has 0 heterocycles. The maximum atomic E-state index is 9.64. The highest BCUT2D eigenvalue weighted by Crippen LogP contribution is 2.43. The van der Waals surface area contributed by atoms with Gasteiger partial charge in [0.2, 0.25) is 5.75 Å². The van der Waals surface area contributed by atoms with Crippen LogP contribution in [0.1, 0.15) is 25.5 Å². The number of halogens is 1. The van der Waals surface area contributed by atoms with E-state index in [9.17, 15) is 10.2 Å². The number of aliphatic hydroxyl groups is 1. The smallest absolute Gasteiger partial charge is 0.200 e. The lowest BCUT2D eigenvalue weighted by Crippen LogP contribution is -2.32. The van der Waals surface area contributed by atoms with E-state index in [0.29, 0.717) is 0 Å². The molecular weight excluding hydrogens is 246 g/mol. The summed E-state index contributed by atoms with van der Waals surface area (Å²) in [5.74, 6) is -1.45. The first-order valence-corrected chi connectivity index (χ1v) is 4.91. The Morgan fingerprint density at radius 3 is 2.18 bits per heavy atom. The Labute approximate surface area is 106 Å². The molecule has 1 aromatic rings. The van der Waals surface area contributed by atoms with Crippen LogP contribution in [-0.2, 0) is 0 Å². The van der Waals surface area contributed by atoms with Gasteiger partial charge in [0, 0.05) is 23.6 Å². The molecule has 5 nitrogen and oxygen atoms in total. The maximum absolute atomic E-state index is 9.64. The molecule has 1 aromatic carbocycles. The molecule has 1 rings (SSSR count). The van der Waals surface area contributed by atoms with E-state index in [-0.39, 0.29) is 24.6 Å². The van der Waals surface area contributed by atoms with E-state index >= 15 is 0 Å². The van der Waals surface area contributed by atoms with Crippen LogP contribution in [0, 0.1) is 5.41 Å². The van der Waals surface area contributed by atoms with Crippen molar-refractivity contribution in [2.45, 2.75) is 19.9 Å². The fraction of sp³-hybridized carbons (Fsp3) is 0.455. The molecule has 17 heavy (non-hydrogen) atoms. The lowest BCUT2D eigenvalue weighted by molar-refractivity contribution is 0.131. The van der Waals surface area contributed by atoms with Crippen LogP contribution < -0.4 is 5.73 Å². The van der Waals surface area contributed by atoms with Gasteiger partial charge in [-0.05, 0) is 12.1 Å². The van der Waals surface area contributed by atoms with Crippen LogP contribution in [0.5, 0.6) is 17.2 Å². The second-order valence-corrected chi connectivity index (χ2v) is 4.50. The maximum Gasteiger partial charge on any atom is 0.200 e. The van der Waals surface area contributed by atoms with Crippen LogP contribution in [0.4, 0.5) is 0 Å². The van der Waals surface area contributed by atoms with Crippen molar-refractivity contribution in [3.05, 3.63) is 17.7 Å². The van der Waals surface area contributed by atoms with Crippen molar-refractivity contribution in [1.29, 1.82) is 0 Å².